The van der Waals surface area contributed by atoms with Gasteiger partial charge >= 0.3 is 0 Å². The average molecular weight is 298 g/mol. The quantitative estimate of drug-likeness (QED) is 0.842. The van der Waals surface area contributed by atoms with Crippen molar-refractivity contribution in [1.29, 1.82) is 0 Å². The molecule has 0 aromatic heterocycles. The summed E-state index contributed by atoms with van der Waals surface area (Å²) in [4.78, 5) is 2.54. The predicted octanol–water partition coefficient (Wildman–Crippen LogP) is 0.941. The van der Waals surface area contributed by atoms with Gasteiger partial charge < -0.3 is 5.73 Å². The van der Waals surface area contributed by atoms with Gasteiger partial charge in [-0.15, -0.1) is 0 Å². The summed E-state index contributed by atoms with van der Waals surface area (Å²) in [5.41, 5.74) is 7.65. The third kappa shape index (κ3) is 3.99. The molecule has 0 bridgehead atoms. The van der Waals surface area contributed by atoms with Crippen LogP contribution in [0.3, 0.4) is 0 Å². The summed E-state index contributed by atoms with van der Waals surface area (Å²) in [5, 5.41) is 0. The second-order valence-corrected chi connectivity index (χ2v) is 7.55. The summed E-state index contributed by atoms with van der Waals surface area (Å²) < 4.78 is 23.2. The molecule has 6 heteroatoms. The standard InChI is InChI=1S/C13H18N2O2S2/c14-13(18)12-5-2-1-4-11(12)10-15-6-3-8-19(16,17)9-7-15/h1-2,4-5H,3,6-10H2,(H2,14,18). The van der Waals surface area contributed by atoms with Crippen molar-refractivity contribution in [2.75, 3.05) is 24.6 Å². The third-order valence-corrected chi connectivity index (χ3v) is 5.26. The SMILES string of the molecule is NC(=S)c1ccccc1CN1CCCS(=O)(=O)CC1. The Kier molecular flexibility index (Phi) is 4.54. The molecule has 4 nitrogen and oxygen atoms in total. The van der Waals surface area contributed by atoms with E-state index in [0.717, 1.165) is 17.7 Å². The average Bonchev–Trinajstić information content (AvgIpc) is 2.51. The highest BCUT2D eigenvalue weighted by Crippen LogP contribution is 2.14. The van der Waals surface area contributed by atoms with Gasteiger partial charge in [0.05, 0.1) is 11.5 Å². The van der Waals surface area contributed by atoms with Gasteiger partial charge in [0.25, 0.3) is 0 Å². The van der Waals surface area contributed by atoms with Crippen LogP contribution in [0.5, 0.6) is 0 Å². The lowest BCUT2D eigenvalue weighted by atomic mass is 10.1. The van der Waals surface area contributed by atoms with Crippen molar-refractivity contribution < 1.29 is 8.42 Å². The minimum atomic E-state index is -2.86. The van der Waals surface area contributed by atoms with Crippen molar-refractivity contribution >= 4 is 27.0 Å². The van der Waals surface area contributed by atoms with Crippen LogP contribution in [0.4, 0.5) is 0 Å². The number of rotatable bonds is 3. The first-order valence-corrected chi connectivity index (χ1v) is 8.51. The molecule has 1 saturated heterocycles. The number of hydrogen-bond donors (Lipinski definition) is 1. The highest BCUT2D eigenvalue weighted by atomic mass is 32.2. The molecule has 0 spiro atoms. The zero-order valence-corrected chi connectivity index (χ0v) is 12.3. The monoisotopic (exact) mass is 298 g/mol. The van der Waals surface area contributed by atoms with Crippen LogP contribution in [0.25, 0.3) is 0 Å². The van der Waals surface area contributed by atoms with E-state index >= 15 is 0 Å². The topological polar surface area (TPSA) is 63.4 Å². The summed E-state index contributed by atoms with van der Waals surface area (Å²) in [6, 6.07) is 7.76. The molecule has 0 saturated carbocycles. The molecular formula is C13H18N2O2S2. The van der Waals surface area contributed by atoms with Crippen LogP contribution in [0.2, 0.25) is 0 Å². The van der Waals surface area contributed by atoms with E-state index in [4.69, 9.17) is 18.0 Å². The second-order valence-electron chi connectivity index (χ2n) is 4.80. The molecule has 104 valence electrons. The summed E-state index contributed by atoms with van der Waals surface area (Å²) in [6.45, 7) is 2.07. The lowest BCUT2D eigenvalue weighted by Crippen LogP contribution is -2.28. The fourth-order valence-electron chi connectivity index (χ4n) is 2.29. The van der Waals surface area contributed by atoms with Gasteiger partial charge in [0.15, 0.2) is 9.84 Å². The zero-order chi connectivity index (χ0) is 13.9. The predicted molar refractivity (Wildman–Crippen MR) is 80.9 cm³/mol. The number of nitrogens with zero attached hydrogens (tertiary/aromatic N) is 1. The van der Waals surface area contributed by atoms with Crippen LogP contribution in [0.15, 0.2) is 24.3 Å². The Morgan fingerprint density at radius 1 is 1.26 bits per heavy atom. The Morgan fingerprint density at radius 2 is 2.00 bits per heavy atom. The first-order chi connectivity index (χ1) is 8.98. The lowest BCUT2D eigenvalue weighted by molar-refractivity contribution is 0.287. The summed E-state index contributed by atoms with van der Waals surface area (Å²) in [6.07, 6.45) is 0.692. The summed E-state index contributed by atoms with van der Waals surface area (Å²) in [5.74, 6) is 0.530. The van der Waals surface area contributed by atoms with Crippen LogP contribution < -0.4 is 5.73 Å². The molecule has 2 N–H and O–H groups in total. The molecule has 0 unspecified atom stereocenters. The molecule has 0 atom stereocenters. The minimum Gasteiger partial charge on any atom is -0.389 e. The highest BCUT2D eigenvalue weighted by molar-refractivity contribution is 7.91. The van der Waals surface area contributed by atoms with Gasteiger partial charge in [-0.3, -0.25) is 4.90 Å². The van der Waals surface area contributed by atoms with E-state index in [0.29, 0.717) is 30.3 Å². The second kappa shape index (κ2) is 5.98. The normalized spacial score (nSPS) is 19.8. The van der Waals surface area contributed by atoms with Crippen LogP contribution in [-0.2, 0) is 16.4 Å². The molecular weight excluding hydrogens is 280 g/mol. The Labute approximate surface area is 119 Å². The molecule has 1 aliphatic rings. The van der Waals surface area contributed by atoms with Gasteiger partial charge in [-0.05, 0) is 18.5 Å². The van der Waals surface area contributed by atoms with Crippen molar-refractivity contribution in [3.63, 3.8) is 0 Å². The molecule has 2 rings (SSSR count). The molecule has 1 fully saturated rings. The zero-order valence-electron chi connectivity index (χ0n) is 10.7. The van der Waals surface area contributed by atoms with E-state index in [1.54, 1.807) is 0 Å². The van der Waals surface area contributed by atoms with E-state index in [-0.39, 0.29) is 5.75 Å². The van der Waals surface area contributed by atoms with Crippen LogP contribution in [0, 0.1) is 0 Å². The number of hydrogen-bond acceptors (Lipinski definition) is 4. The summed E-state index contributed by atoms with van der Waals surface area (Å²) in [7, 11) is -2.86. The van der Waals surface area contributed by atoms with Crippen LogP contribution in [-0.4, -0.2) is 42.9 Å². The maximum atomic E-state index is 11.6. The number of benzene rings is 1. The van der Waals surface area contributed by atoms with E-state index in [9.17, 15) is 8.42 Å². The van der Waals surface area contributed by atoms with Crippen molar-refractivity contribution in [3.05, 3.63) is 35.4 Å². The first kappa shape index (κ1) is 14.4. The minimum absolute atomic E-state index is 0.238. The molecule has 1 heterocycles. The Hall–Kier alpha value is -0.980. The largest absolute Gasteiger partial charge is 0.389 e. The van der Waals surface area contributed by atoms with Crippen molar-refractivity contribution in [1.82, 2.24) is 4.90 Å². The van der Waals surface area contributed by atoms with E-state index in [1.807, 2.05) is 24.3 Å². The van der Waals surface area contributed by atoms with E-state index in [2.05, 4.69) is 4.90 Å². The Morgan fingerprint density at radius 3 is 2.74 bits per heavy atom. The van der Waals surface area contributed by atoms with Crippen LogP contribution in [0.1, 0.15) is 17.5 Å². The molecule has 1 aromatic carbocycles. The van der Waals surface area contributed by atoms with Crippen molar-refractivity contribution in [2.45, 2.75) is 13.0 Å². The van der Waals surface area contributed by atoms with E-state index < -0.39 is 9.84 Å². The first-order valence-electron chi connectivity index (χ1n) is 6.28. The maximum Gasteiger partial charge on any atom is 0.151 e. The fraction of sp³-hybridized carbons (Fsp3) is 0.462. The van der Waals surface area contributed by atoms with Gasteiger partial charge in [-0.25, -0.2) is 8.42 Å². The third-order valence-electron chi connectivity index (χ3n) is 3.32. The Bertz CT molecular complexity index is 570. The van der Waals surface area contributed by atoms with Gasteiger partial charge in [0.2, 0.25) is 0 Å². The number of nitrogens with two attached hydrogens (primary N) is 1. The van der Waals surface area contributed by atoms with Crippen molar-refractivity contribution in [2.24, 2.45) is 5.73 Å². The van der Waals surface area contributed by atoms with Crippen molar-refractivity contribution in [3.8, 4) is 0 Å². The molecule has 0 aliphatic carbocycles. The van der Waals surface area contributed by atoms with Gasteiger partial charge in [0.1, 0.15) is 4.99 Å². The maximum absolute atomic E-state index is 11.6. The molecule has 19 heavy (non-hydrogen) atoms. The molecule has 1 aromatic rings. The Balaban J connectivity index is 2.11. The van der Waals surface area contributed by atoms with Gasteiger partial charge in [-0.1, -0.05) is 36.5 Å². The van der Waals surface area contributed by atoms with Crippen LogP contribution >= 0.6 is 12.2 Å². The number of thiocarbonyl (C=S) groups is 1. The highest BCUT2D eigenvalue weighted by Gasteiger charge is 2.19. The molecule has 1 aliphatic heterocycles. The van der Waals surface area contributed by atoms with Gasteiger partial charge in [-0.2, -0.15) is 0 Å². The molecule has 0 radical (unpaired) electrons. The lowest BCUT2D eigenvalue weighted by Gasteiger charge is -2.20. The summed E-state index contributed by atoms with van der Waals surface area (Å²) >= 11 is 5.04. The molecule has 0 amide bonds. The van der Waals surface area contributed by atoms with Gasteiger partial charge in [0, 0.05) is 18.7 Å². The van der Waals surface area contributed by atoms with E-state index in [1.165, 1.54) is 0 Å². The smallest absolute Gasteiger partial charge is 0.151 e. The fourth-order valence-corrected chi connectivity index (χ4v) is 3.80. The number of sulfone groups is 1.